The normalized spacial score (nSPS) is 21.1. The van der Waals surface area contributed by atoms with Crippen LogP contribution in [0.25, 0.3) is 0 Å². The van der Waals surface area contributed by atoms with Gasteiger partial charge in [0.15, 0.2) is 0 Å². The molecule has 1 aliphatic carbocycles. The molecule has 0 radical (unpaired) electrons. The van der Waals surface area contributed by atoms with Crippen molar-refractivity contribution in [1.82, 2.24) is 9.78 Å². The van der Waals surface area contributed by atoms with E-state index in [1.54, 1.807) is 13.3 Å². The molecule has 21 heavy (non-hydrogen) atoms. The molecule has 0 aliphatic heterocycles. The number of aliphatic hydroxyl groups is 1. The molecular formula is C17H22N2O2. The van der Waals surface area contributed by atoms with Crippen molar-refractivity contribution in [3.05, 3.63) is 47.3 Å². The Bertz CT molecular complexity index is 635. The van der Waals surface area contributed by atoms with Crippen molar-refractivity contribution in [3.63, 3.8) is 0 Å². The molecule has 1 aromatic heterocycles. The lowest BCUT2D eigenvalue weighted by molar-refractivity contribution is 0.0221. The molecule has 0 bridgehead atoms. The van der Waals surface area contributed by atoms with Gasteiger partial charge in [0.25, 0.3) is 0 Å². The van der Waals surface area contributed by atoms with Crippen molar-refractivity contribution in [2.45, 2.75) is 44.8 Å². The van der Waals surface area contributed by atoms with Gasteiger partial charge in [-0.05, 0) is 42.5 Å². The topological polar surface area (TPSA) is 47.3 Å². The molecule has 1 heterocycles. The van der Waals surface area contributed by atoms with E-state index in [2.05, 4.69) is 18.1 Å². The summed E-state index contributed by atoms with van der Waals surface area (Å²) in [6.45, 7) is 3.01. The summed E-state index contributed by atoms with van der Waals surface area (Å²) in [6, 6.07) is 6.13. The lowest BCUT2D eigenvalue weighted by atomic mass is 9.77. The van der Waals surface area contributed by atoms with Gasteiger partial charge >= 0.3 is 0 Å². The molecule has 1 aliphatic rings. The maximum atomic E-state index is 11.0. The van der Waals surface area contributed by atoms with Gasteiger partial charge in [-0.3, -0.25) is 4.68 Å². The zero-order valence-corrected chi connectivity index (χ0v) is 12.7. The fourth-order valence-electron chi connectivity index (χ4n) is 3.08. The number of hydrogen-bond donors (Lipinski definition) is 1. The second-order valence-corrected chi connectivity index (χ2v) is 5.84. The number of ether oxygens (including phenoxy) is 1. The first kappa shape index (κ1) is 14.1. The highest BCUT2D eigenvalue weighted by Gasteiger charge is 2.35. The third-order valence-corrected chi connectivity index (χ3v) is 4.33. The van der Waals surface area contributed by atoms with E-state index in [0.29, 0.717) is 6.42 Å². The molecule has 2 aromatic rings. The smallest absolute Gasteiger partial charge is 0.119 e. The number of nitrogens with zero attached hydrogens (tertiary/aromatic N) is 2. The third-order valence-electron chi connectivity index (χ3n) is 4.33. The Kier molecular flexibility index (Phi) is 3.72. The second-order valence-electron chi connectivity index (χ2n) is 5.84. The van der Waals surface area contributed by atoms with Gasteiger partial charge in [-0.1, -0.05) is 13.0 Å². The first-order valence-corrected chi connectivity index (χ1v) is 7.56. The Labute approximate surface area is 125 Å². The molecule has 1 N–H and O–H groups in total. The molecule has 0 saturated heterocycles. The van der Waals surface area contributed by atoms with Crippen LogP contribution in [0.5, 0.6) is 5.75 Å². The van der Waals surface area contributed by atoms with Gasteiger partial charge in [-0.2, -0.15) is 5.10 Å². The minimum Gasteiger partial charge on any atom is -0.497 e. The molecule has 4 heteroatoms. The van der Waals surface area contributed by atoms with E-state index in [0.717, 1.165) is 37.1 Å². The summed E-state index contributed by atoms with van der Waals surface area (Å²) < 4.78 is 7.20. The highest BCUT2D eigenvalue weighted by Crippen LogP contribution is 2.37. The molecule has 1 unspecified atom stereocenters. The zero-order chi connectivity index (χ0) is 14.9. The van der Waals surface area contributed by atoms with Crippen molar-refractivity contribution >= 4 is 0 Å². The number of methoxy groups -OCH3 is 1. The van der Waals surface area contributed by atoms with Gasteiger partial charge in [0, 0.05) is 24.7 Å². The van der Waals surface area contributed by atoms with E-state index in [1.165, 1.54) is 11.1 Å². The van der Waals surface area contributed by atoms with Crippen LogP contribution in [0.3, 0.4) is 0 Å². The first-order valence-electron chi connectivity index (χ1n) is 7.56. The standard InChI is InChI=1S/C17H22N2O2/c1-3-8-19-12-15(11-18-19)17(20)7-6-13-4-5-16(21-2)9-14(13)10-17/h4-5,9,11-12,20H,3,6-8,10H2,1-2H3. The Morgan fingerprint density at radius 1 is 1.38 bits per heavy atom. The van der Waals surface area contributed by atoms with Crippen LogP contribution in [0.15, 0.2) is 30.6 Å². The number of aryl methyl sites for hydroxylation is 2. The molecular weight excluding hydrogens is 264 g/mol. The molecule has 1 atom stereocenters. The molecule has 0 spiro atoms. The predicted octanol–water partition coefficient (Wildman–Crippen LogP) is 2.68. The SMILES string of the molecule is CCCn1cc(C2(O)CCc3ccc(OC)cc3C2)cn1. The molecule has 4 nitrogen and oxygen atoms in total. The van der Waals surface area contributed by atoms with Crippen LogP contribution < -0.4 is 4.74 Å². The van der Waals surface area contributed by atoms with Crippen LogP contribution >= 0.6 is 0 Å². The number of rotatable bonds is 4. The van der Waals surface area contributed by atoms with Crippen LogP contribution in [0.4, 0.5) is 0 Å². The Balaban J connectivity index is 1.88. The molecule has 1 aromatic carbocycles. The van der Waals surface area contributed by atoms with Crippen LogP contribution in [-0.4, -0.2) is 22.0 Å². The maximum absolute atomic E-state index is 11.0. The Morgan fingerprint density at radius 3 is 3.00 bits per heavy atom. The fraction of sp³-hybridized carbons (Fsp3) is 0.471. The van der Waals surface area contributed by atoms with Crippen LogP contribution in [0, 0.1) is 0 Å². The minimum atomic E-state index is -0.814. The maximum Gasteiger partial charge on any atom is 0.119 e. The van der Waals surface area contributed by atoms with Gasteiger partial charge in [-0.15, -0.1) is 0 Å². The average molecular weight is 286 g/mol. The summed E-state index contributed by atoms with van der Waals surface area (Å²) in [4.78, 5) is 0. The Morgan fingerprint density at radius 2 is 2.24 bits per heavy atom. The summed E-state index contributed by atoms with van der Waals surface area (Å²) in [6.07, 6.45) is 7.07. The van der Waals surface area contributed by atoms with Gasteiger partial charge < -0.3 is 9.84 Å². The minimum absolute atomic E-state index is 0.622. The fourth-order valence-corrected chi connectivity index (χ4v) is 3.08. The monoisotopic (exact) mass is 286 g/mol. The summed E-state index contributed by atoms with van der Waals surface area (Å²) in [5.41, 5.74) is 2.59. The first-order chi connectivity index (χ1) is 10.1. The van der Waals surface area contributed by atoms with E-state index >= 15 is 0 Å². The van der Waals surface area contributed by atoms with E-state index < -0.39 is 5.60 Å². The molecule has 0 fully saturated rings. The summed E-state index contributed by atoms with van der Waals surface area (Å²) in [7, 11) is 1.67. The van der Waals surface area contributed by atoms with Crippen molar-refractivity contribution in [3.8, 4) is 5.75 Å². The van der Waals surface area contributed by atoms with Crippen LogP contribution in [0.1, 0.15) is 36.5 Å². The number of fused-ring (bicyclic) bond motifs is 1. The van der Waals surface area contributed by atoms with Crippen molar-refractivity contribution in [2.24, 2.45) is 0 Å². The highest BCUT2D eigenvalue weighted by molar-refractivity contribution is 5.40. The average Bonchev–Trinajstić information content (AvgIpc) is 2.96. The van der Waals surface area contributed by atoms with E-state index in [9.17, 15) is 5.11 Å². The predicted molar refractivity (Wildman–Crippen MR) is 81.4 cm³/mol. The molecule has 3 rings (SSSR count). The van der Waals surface area contributed by atoms with E-state index in [-0.39, 0.29) is 0 Å². The number of hydrogen-bond acceptors (Lipinski definition) is 3. The quantitative estimate of drug-likeness (QED) is 0.940. The van der Waals surface area contributed by atoms with E-state index in [4.69, 9.17) is 4.74 Å². The highest BCUT2D eigenvalue weighted by atomic mass is 16.5. The second kappa shape index (κ2) is 5.53. The Hall–Kier alpha value is -1.81. The largest absolute Gasteiger partial charge is 0.497 e. The van der Waals surface area contributed by atoms with Gasteiger partial charge in [-0.25, -0.2) is 0 Å². The van der Waals surface area contributed by atoms with Crippen molar-refractivity contribution in [2.75, 3.05) is 7.11 Å². The third kappa shape index (κ3) is 2.68. The molecule has 0 amide bonds. The van der Waals surface area contributed by atoms with Crippen molar-refractivity contribution in [1.29, 1.82) is 0 Å². The van der Waals surface area contributed by atoms with E-state index in [1.807, 2.05) is 23.0 Å². The summed E-state index contributed by atoms with van der Waals surface area (Å²) in [5, 5.41) is 15.4. The molecule has 0 saturated carbocycles. The lowest BCUT2D eigenvalue weighted by Crippen LogP contribution is -2.32. The van der Waals surface area contributed by atoms with Crippen LogP contribution in [-0.2, 0) is 25.0 Å². The van der Waals surface area contributed by atoms with Gasteiger partial charge in [0.05, 0.1) is 18.9 Å². The van der Waals surface area contributed by atoms with Gasteiger partial charge in [0.2, 0.25) is 0 Å². The number of benzene rings is 1. The van der Waals surface area contributed by atoms with Gasteiger partial charge in [0.1, 0.15) is 5.75 Å². The lowest BCUT2D eigenvalue weighted by Gasteiger charge is -2.33. The summed E-state index contributed by atoms with van der Waals surface area (Å²) in [5.74, 6) is 0.847. The molecule has 112 valence electrons. The zero-order valence-electron chi connectivity index (χ0n) is 12.7. The van der Waals surface area contributed by atoms with Crippen LogP contribution in [0.2, 0.25) is 0 Å². The van der Waals surface area contributed by atoms with Crippen molar-refractivity contribution < 1.29 is 9.84 Å². The summed E-state index contributed by atoms with van der Waals surface area (Å²) >= 11 is 0. The number of aromatic nitrogens is 2.